The van der Waals surface area contributed by atoms with Gasteiger partial charge >= 0.3 is 0 Å². The molecule has 0 amide bonds. The number of thioether (sulfide) groups is 1. The van der Waals surface area contributed by atoms with Gasteiger partial charge in [0, 0.05) is 28.2 Å². The maximum Gasteiger partial charge on any atom is 0.203 e. The lowest BCUT2D eigenvalue weighted by Crippen LogP contribution is -2.57. The molecule has 0 unspecified atom stereocenters. The van der Waals surface area contributed by atoms with Crippen molar-refractivity contribution in [3.63, 3.8) is 0 Å². The summed E-state index contributed by atoms with van der Waals surface area (Å²) in [6.07, 6.45) is -2.31. The quantitative estimate of drug-likeness (QED) is 0.200. The van der Waals surface area contributed by atoms with Crippen molar-refractivity contribution in [1.29, 1.82) is 0 Å². The highest BCUT2D eigenvalue weighted by Crippen LogP contribution is 2.41. The van der Waals surface area contributed by atoms with Crippen LogP contribution >= 0.6 is 11.8 Å². The van der Waals surface area contributed by atoms with Crippen LogP contribution in [0.4, 0.5) is 0 Å². The highest BCUT2D eigenvalue weighted by Gasteiger charge is 2.44. The van der Waals surface area contributed by atoms with Crippen LogP contribution in [-0.2, 0) is 4.74 Å². The summed E-state index contributed by atoms with van der Waals surface area (Å²) in [6.45, 7) is 1.40. The van der Waals surface area contributed by atoms with E-state index < -0.39 is 42.2 Å². The Morgan fingerprint density at radius 1 is 1.03 bits per heavy atom. The maximum atomic E-state index is 13.9. The Morgan fingerprint density at radius 2 is 1.71 bits per heavy atom. The van der Waals surface area contributed by atoms with Gasteiger partial charge in [0.1, 0.15) is 29.9 Å². The van der Waals surface area contributed by atoms with Gasteiger partial charge in [0.05, 0.1) is 32.8 Å². The molecule has 10 nitrogen and oxygen atoms in total. The smallest absolute Gasteiger partial charge is 0.203 e. The number of aliphatic hydroxyl groups is 4. The first-order valence-electron chi connectivity index (χ1n) is 11.8. The summed E-state index contributed by atoms with van der Waals surface area (Å²) in [4.78, 5) is 17.3. The number of hydrogen-bond donors (Lipinski definition) is 5. The number of benzene rings is 2. The topological polar surface area (TPSA) is 151 Å². The molecule has 0 radical (unpaired) electrons. The van der Waals surface area contributed by atoms with Crippen LogP contribution in [0, 0.1) is 6.92 Å². The number of methoxy groups -OCH3 is 3. The molecule has 1 aliphatic heterocycles. The highest BCUT2D eigenvalue weighted by atomic mass is 32.2. The van der Waals surface area contributed by atoms with E-state index in [9.17, 15) is 25.2 Å². The molecule has 1 fully saturated rings. The summed E-state index contributed by atoms with van der Waals surface area (Å²) < 4.78 is 21.9. The van der Waals surface area contributed by atoms with Crippen LogP contribution in [0.5, 0.6) is 17.2 Å². The Kier molecular flexibility index (Phi) is 8.66. The average Bonchev–Trinajstić information content (AvgIpc) is 3.32. The predicted molar refractivity (Wildman–Crippen MR) is 143 cm³/mol. The lowest BCUT2D eigenvalue weighted by atomic mass is 10.0. The Morgan fingerprint density at radius 3 is 2.32 bits per heavy atom. The third-order valence-electron chi connectivity index (χ3n) is 6.40. The van der Waals surface area contributed by atoms with Crippen molar-refractivity contribution >= 4 is 34.5 Å². The molecule has 2 heterocycles. The van der Waals surface area contributed by atoms with Gasteiger partial charge in [-0.2, -0.15) is 0 Å². The van der Waals surface area contributed by atoms with Crippen LogP contribution in [0.1, 0.15) is 21.5 Å². The van der Waals surface area contributed by atoms with Crippen molar-refractivity contribution in [2.75, 3.05) is 27.9 Å². The number of aromatic nitrogens is 1. The van der Waals surface area contributed by atoms with Crippen LogP contribution in [0.15, 0.2) is 41.4 Å². The monoisotopic (exact) mass is 545 g/mol. The fourth-order valence-electron chi connectivity index (χ4n) is 4.32. The Balaban J connectivity index is 1.80. The second kappa shape index (κ2) is 11.8. The number of H-pyrrole nitrogens is 1. The zero-order chi connectivity index (χ0) is 27.6. The van der Waals surface area contributed by atoms with Crippen molar-refractivity contribution in [3.05, 3.63) is 58.1 Å². The van der Waals surface area contributed by atoms with Crippen LogP contribution in [0.3, 0.4) is 0 Å². The predicted octanol–water partition coefficient (Wildman–Crippen LogP) is 2.26. The number of aromatic amines is 1. The number of carbonyl (C=O) groups is 1. The number of aryl methyl sites for hydroxylation is 1. The molecular weight excluding hydrogens is 514 g/mol. The van der Waals surface area contributed by atoms with Gasteiger partial charge in [0.25, 0.3) is 0 Å². The number of Topliss-reactive ketones (excluding diaryl/α,β-unsaturated/α-hetero) is 1. The molecule has 204 valence electrons. The number of ketones is 1. The number of allylic oxidation sites excluding steroid dienone is 1. The van der Waals surface area contributed by atoms with Gasteiger partial charge in [-0.1, -0.05) is 23.9 Å². The van der Waals surface area contributed by atoms with Gasteiger partial charge in [0.15, 0.2) is 17.3 Å². The number of aliphatic hydroxyl groups excluding tert-OH is 4. The normalized spacial score (nSPS) is 23.9. The van der Waals surface area contributed by atoms with Crippen molar-refractivity contribution in [2.45, 2.75) is 36.8 Å². The fourth-order valence-corrected chi connectivity index (χ4v) is 5.49. The lowest BCUT2D eigenvalue weighted by molar-refractivity contribution is -0.205. The molecule has 0 bridgehead atoms. The molecule has 0 spiro atoms. The molecule has 0 aliphatic carbocycles. The molecule has 1 aromatic heterocycles. The van der Waals surface area contributed by atoms with Gasteiger partial charge in [-0.05, 0) is 36.8 Å². The van der Waals surface area contributed by atoms with Crippen molar-refractivity contribution in [1.82, 2.24) is 4.98 Å². The standard InChI is InChI=1S/C27H31NO9S/c1-13-5-6-16-15(11-28-17(16)7-13)10-21(38-27-25(33)24(32)23(31)20(12-29)37-27)22(30)14-8-18(34-2)26(36-4)19(9-14)35-3/h5-11,20,23-25,27-29,31-33H,12H2,1-4H3/t20-,23-,24+,25-,27+/m1/s1. The van der Waals surface area contributed by atoms with Crippen molar-refractivity contribution in [3.8, 4) is 17.2 Å². The zero-order valence-electron chi connectivity index (χ0n) is 21.4. The number of rotatable bonds is 9. The SMILES string of the molecule is COc1cc(C(=O)C(=Cc2c[nH]c3cc(C)ccc23)S[C@@H]2O[C@H](CO)[C@@H](O)[C@H](O)[C@H]2O)cc(OC)c1OC. The van der Waals surface area contributed by atoms with E-state index in [-0.39, 0.29) is 22.0 Å². The van der Waals surface area contributed by atoms with Crippen LogP contribution in [0.2, 0.25) is 0 Å². The molecule has 2 aromatic carbocycles. The van der Waals surface area contributed by atoms with E-state index in [1.165, 1.54) is 33.5 Å². The number of fused-ring (bicyclic) bond motifs is 1. The largest absolute Gasteiger partial charge is 0.493 e. The molecule has 5 atom stereocenters. The molecule has 4 rings (SSSR count). The molecule has 3 aromatic rings. The number of carbonyl (C=O) groups excluding carboxylic acids is 1. The third-order valence-corrected chi connectivity index (χ3v) is 7.58. The van der Waals surface area contributed by atoms with E-state index in [1.807, 2.05) is 25.1 Å². The first-order valence-corrected chi connectivity index (χ1v) is 12.7. The summed E-state index contributed by atoms with van der Waals surface area (Å²) in [5, 5.41) is 41.6. The Labute approximate surface area is 223 Å². The van der Waals surface area contributed by atoms with Crippen molar-refractivity contribution in [2.24, 2.45) is 0 Å². The first-order chi connectivity index (χ1) is 18.2. The molecule has 38 heavy (non-hydrogen) atoms. The summed E-state index contributed by atoms with van der Waals surface area (Å²) in [5.41, 5.74) is 1.73. The van der Waals surface area contributed by atoms with E-state index in [1.54, 1.807) is 12.3 Å². The molecule has 0 saturated carbocycles. The molecular formula is C27H31NO9S. The minimum absolute atomic E-state index is 0.171. The Bertz CT molecular complexity index is 1310. The molecule has 5 N–H and O–H groups in total. The van der Waals surface area contributed by atoms with E-state index in [4.69, 9.17) is 18.9 Å². The number of nitrogens with one attached hydrogen (secondary N) is 1. The van der Waals surface area contributed by atoms with Crippen LogP contribution in [0.25, 0.3) is 17.0 Å². The minimum atomic E-state index is -1.58. The van der Waals surface area contributed by atoms with Gasteiger partial charge in [-0.15, -0.1) is 0 Å². The molecule has 1 saturated heterocycles. The average molecular weight is 546 g/mol. The van der Waals surface area contributed by atoms with Gasteiger partial charge in [-0.25, -0.2) is 0 Å². The zero-order valence-corrected chi connectivity index (χ0v) is 22.2. The maximum absolute atomic E-state index is 13.9. The number of ether oxygens (including phenoxy) is 4. The highest BCUT2D eigenvalue weighted by molar-refractivity contribution is 8.04. The van der Waals surface area contributed by atoms with Crippen LogP contribution < -0.4 is 14.2 Å². The molecule has 11 heteroatoms. The van der Waals surface area contributed by atoms with E-state index in [0.717, 1.165) is 28.2 Å². The summed E-state index contributed by atoms with van der Waals surface area (Å²) in [7, 11) is 4.35. The van der Waals surface area contributed by atoms with Gasteiger partial charge in [0.2, 0.25) is 5.75 Å². The third kappa shape index (κ3) is 5.39. The Hall–Kier alpha value is -3.06. The minimum Gasteiger partial charge on any atom is -0.493 e. The van der Waals surface area contributed by atoms with Crippen molar-refractivity contribution < 1.29 is 44.2 Å². The second-order valence-corrected chi connectivity index (χ2v) is 10.0. The summed E-state index contributed by atoms with van der Waals surface area (Å²) >= 11 is 0.879. The van der Waals surface area contributed by atoms with Gasteiger partial charge < -0.3 is 44.4 Å². The fraction of sp³-hybridized carbons (Fsp3) is 0.370. The van der Waals surface area contributed by atoms with E-state index in [0.29, 0.717) is 11.3 Å². The summed E-state index contributed by atoms with van der Waals surface area (Å²) in [6, 6.07) is 8.91. The number of hydrogen-bond acceptors (Lipinski definition) is 10. The van der Waals surface area contributed by atoms with E-state index >= 15 is 0 Å². The summed E-state index contributed by atoms with van der Waals surface area (Å²) in [5.74, 6) is 0.461. The van der Waals surface area contributed by atoms with E-state index in [2.05, 4.69) is 4.98 Å². The molecule has 1 aliphatic rings. The second-order valence-electron chi connectivity index (χ2n) is 8.86. The lowest BCUT2D eigenvalue weighted by Gasteiger charge is -2.39. The first kappa shape index (κ1) is 28.0. The van der Waals surface area contributed by atoms with Gasteiger partial charge in [-0.3, -0.25) is 4.79 Å². The van der Waals surface area contributed by atoms with Crippen LogP contribution in [-0.4, -0.2) is 89.0 Å².